The van der Waals surface area contributed by atoms with E-state index in [1.54, 1.807) is 13.1 Å². The van der Waals surface area contributed by atoms with E-state index in [1.807, 2.05) is 45.2 Å². The zero-order chi connectivity index (χ0) is 16.0. The van der Waals surface area contributed by atoms with Crippen molar-refractivity contribution in [3.05, 3.63) is 18.3 Å². The number of anilines is 2. The van der Waals surface area contributed by atoms with E-state index in [0.717, 1.165) is 24.5 Å². The number of hydrogen-bond acceptors (Lipinski definition) is 5. The van der Waals surface area contributed by atoms with Gasteiger partial charge >= 0.3 is 5.97 Å². The minimum absolute atomic E-state index is 0.128. The van der Waals surface area contributed by atoms with Crippen molar-refractivity contribution in [2.75, 3.05) is 45.0 Å². The molecule has 0 fully saturated rings. The second-order valence-electron chi connectivity index (χ2n) is 5.77. The van der Waals surface area contributed by atoms with Gasteiger partial charge < -0.3 is 20.2 Å². The van der Waals surface area contributed by atoms with Crippen LogP contribution in [-0.4, -0.2) is 61.7 Å². The van der Waals surface area contributed by atoms with Gasteiger partial charge in [-0.25, -0.2) is 4.98 Å². The monoisotopic (exact) mass is 294 g/mol. The minimum Gasteiger partial charge on any atom is -0.481 e. The summed E-state index contributed by atoms with van der Waals surface area (Å²) < 4.78 is 0. The lowest BCUT2D eigenvalue weighted by molar-refractivity contribution is -0.141. The summed E-state index contributed by atoms with van der Waals surface area (Å²) in [6.07, 6.45) is 2.50. The zero-order valence-corrected chi connectivity index (χ0v) is 13.5. The molecule has 2 unspecified atom stereocenters. The summed E-state index contributed by atoms with van der Waals surface area (Å²) in [6.45, 7) is 2.57. The first-order valence-corrected chi connectivity index (χ1v) is 7.08. The number of nitrogens with zero attached hydrogens (tertiary/aromatic N) is 3. The van der Waals surface area contributed by atoms with Gasteiger partial charge in [-0.05, 0) is 46.1 Å². The number of carboxylic acid groups (broad SMARTS) is 1. The Kier molecular flexibility index (Phi) is 6.42. The Hall–Kier alpha value is -1.82. The second kappa shape index (κ2) is 7.83. The van der Waals surface area contributed by atoms with Crippen LogP contribution in [-0.2, 0) is 4.79 Å². The quantitative estimate of drug-likeness (QED) is 0.759. The van der Waals surface area contributed by atoms with Crippen molar-refractivity contribution < 1.29 is 9.90 Å². The Morgan fingerprint density at radius 2 is 2.00 bits per heavy atom. The summed E-state index contributed by atoms with van der Waals surface area (Å²) in [7, 11) is 7.83. The maximum atomic E-state index is 11.2. The van der Waals surface area contributed by atoms with E-state index in [9.17, 15) is 9.90 Å². The summed E-state index contributed by atoms with van der Waals surface area (Å²) in [4.78, 5) is 19.6. The van der Waals surface area contributed by atoms with Crippen LogP contribution in [0.1, 0.15) is 13.3 Å². The average Bonchev–Trinajstić information content (AvgIpc) is 2.42. The Morgan fingerprint density at radius 3 is 2.43 bits per heavy atom. The molecule has 0 bridgehead atoms. The molecule has 0 aliphatic heterocycles. The standard InChI is InChI=1S/C15H26N4O2/c1-11(15(20)21)13(8-9-18(2)3)17-12-6-7-14(16-10-12)19(4)5/h6-7,10-11,13,17H,8-9H2,1-5H3,(H,20,21). The maximum absolute atomic E-state index is 11.2. The lowest BCUT2D eigenvalue weighted by Crippen LogP contribution is -2.35. The van der Waals surface area contributed by atoms with Gasteiger partial charge in [-0.2, -0.15) is 0 Å². The van der Waals surface area contributed by atoms with Crippen molar-refractivity contribution in [1.82, 2.24) is 9.88 Å². The maximum Gasteiger partial charge on any atom is 0.308 e. The SMILES string of the molecule is CC(C(=O)O)C(CCN(C)C)Nc1ccc(N(C)C)nc1. The fraction of sp³-hybridized carbons (Fsp3) is 0.600. The molecular formula is C15H26N4O2. The van der Waals surface area contributed by atoms with Crippen molar-refractivity contribution >= 4 is 17.5 Å². The molecule has 6 heteroatoms. The first-order valence-electron chi connectivity index (χ1n) is 7.08. The topological polar surface area (TPSA) is 68.7 Å². The van der Waals surface area contributed by atoms with E-state index in [1.165, 1.54) is 0 Å². The lowest BCUT2D eigenvalue weighted by atomic mass is 9.98. The third-order valence-corrected chi connectivity index (χ3v) is 3.44. The Bertz CT molecular complexity index is 445. The molecule has 2 atom stereocenters. The molecule has 0 radical (unpaired) electrons. The fourth-order valence-electron chi connectivity index (χ4n) is 1.97. The molecule has 1 aromatic rings. The molecule has 1 aromatic heterocycles. The number of rotatable bonds is 8. The van der Waals surface area contributed by atoms with Gasteiger partial charge in [0.25, 0.3) is 0 Å². The normalized spacial score (nSPS) is 13.8. The van der Waals surface area contributed by atoms with Gasteiger partial charge in [-0.3, -0.25) is 4.79 Å². The summed E-state index contributed by atoms with van der Waals surface area (Å²) >= 11 is 0. The van der Waals surface area contributed by atoms with Crippen LogP contribution in [0.2, 0.25) is 0 Å². The number of hydrogen-bond donors (Lipinski definition) is 2. The van der Waals surface area contributed by atoms with Gasteiger partial charge in [0.05, 0.1) is 17.8 Å². The summed E-state index contributed by atoms with van der Waals surface area (Å²) in [5, 5.41) is 12.5. The zero-order valence-electron chi connectivity index (χ0n) is 13.5. The molecule has 21 heavy (non-hydrogen) atoms. The number of carbonyl (C=O) groups is 1. The van der Waals surface area contributed by atoms with Gasteiger partial charge in [0.2, 0.25) is 0 Å². The lowest BCUT2D eigenvalue weighted by Gasteiger charge is -2.25. The van der Waals surface area contributed by atoms with Crippen molar-refractivity contribution in [1.29, 1.82) is 0 Å². The number of aromatic nitrogens is 1. The Labute approximate surface area is 126 Å². The number of carboxylic acids is 1. The van der Waals surface area contributed by atoms with Crippen molar-refractivity contribution in [2.45, 2.75) is 19.4 Å². The Morgan fingerprint density at radius 1 is 1.33 bits per heavy atom. The molecule has 0 saturated heterocycles. The van der Waals surface area contributed by atoms with Crippen LogP contribution in [0.15, 0.2) is 18.3 Å². The molecule has 6 nitrogen and oxygen atoms in total. The van der Waals surface area contributed by atoms with E-state index in [-0.39, 0.29) is 6.04 Å². The molecule has 0 saturated carbocycles. The molecule has 0 amide bonds. The smallest absolute Gasteiger partial charge is 0.308 e. The van der Waals surface area contributed by atoms with Crippen LogP contribution >= 0.6 is 0 Å². The number of nitrogens with one attached hydrogen (secondary N) is 1. The van der Waals surface area contributed by atoms with E-state index < -0.39 is 11.9 Å². The summed E-state index contributed by atoms with van der Waals surface area (Å²) in [5.41, 5.74) is 0.845. The van der Waals surface area contributed by atoms with Crippen molar-refractivity contribution in [3.63, 3.8) is 0 Å². The van der Waals surface area contributed by atoms with E-state index in [2.05, 4.69) is 15.2 Å². The highest BCUT2D eigenvalue weighted by molar-refractivity contribution is 5.71. The molecule has 0 aliphatic rings. The number of aliphatic carboxylic acids is 1. The fourth-order valence-corrected chi connectivity index (χ4v) is 1.97. The van der Waals surface area contributed by atoms with Crippen molar-refractivity contribution in [2.24, 2.45) is 5.92 Å². The molecule has 0 spiro atoms. The highest BCUT2D eigenvalue weighted by Crippen LogP contribution is 2.17. The van der Waals surface area contributed by atoms with Crippen LogP contribution < -0.4 is 10.2 Å². The van der Waals surface area contributed by atoms with Gasteiger partial charge in [-0.1, -0.05) is 0 Å². The largest absolute Gasteiger partial charge is 0.481 e. The van der Waals surface area contributed by atoms with Gasteiger partial charge in [0.1, 0.15) is 5.82 Å². The van der Waals surface area contributed by atoms with Crippen LogP contribution in [0.3, 0.4) is 0 Å². The summed E-state index contributed by atoms with van der Waals surface area (Å²) in [5.74, 6) is -0.376. The van der Waals surface area contributed by atoms with Crippen LogP contribution in [0.4, 0.5) is 11.5 Å². The Balaban J connectivity index is 2.77. The number of pyridine rings is 1. The predicted molar refractivity (Wildman–Crippen MR) is 85.9 cm³/mol. The molecule has 118 valence electrons. The molecule has 0 aromatic carbocycles. The van der Waals surface area contributed by atoms with Gasteiger partial charge in [0, 0.05) is 20.1 Å². The molecule has 1 rings (SSSR count). The van der Waals surface area contributed by atoms with E-state index in [4.69, 9.17) is 0 Å². The average molecular weight is 294 g/mol. The summed E-state index contributed by atoms with van der Waals surface area (Å²) in [6, 6.07) is 3.72. The van der Waals surface area contributed by atoms with E-state index in [0.29, 0.717) is 0 Å². The minimum atomic E-state index is -0.788. The second-order valence-corrected chi connectivity index (χ2v) is 5.77. The molecule has 0 aliphatic carbocycles. The van der Waals surface area contributed by atoms with Crippen molar-refractivity contribution in [3.8, 4) is 0 Å². The van der Waals surface area contributed by atoms with Gasteiger partial charge in [-0.15, -0.1) is 0 Å². The third-order valence-electron chi connectivity index (χ3n) is 3.44. The highest BCUT2D eigenvalue weighted by Gasteiger charge is 2.23. The first-order chi connectivity index (χ1) is 9.81. The predicted octanol–water partition coefficient (Wildman–Crippen LogP) is 1.60. The van der Waals surface area contributed by atoms with Crippen LogP contribution in [0, 0.1) is 5.92 Å². The van der Waals surface area contributed by atoms with Gasteiger partial charge in [0.15, 0.2) is 0 Å². The molecule has 1 heterocycles. The molecule has 2 N–H and O–H groups in total. The third kappa shape index (κ3) is 5.59. The highest BCUT2D eigenvalue weighted by atomic mass is 16.4. The van der Waals surface area contributed by atoms with Crippen LogP contribution in [0.25, 0.3) is 0 Å². The molecular weight excluding hydrogens is 268 g/mol. The first kappa shape index (κ1) is 17.2. The van der Waals surface area contributed by atoms with Crippen LogP contribution in [0.5, 0.6) is 0 Å². The van der Waals surface area contributed by atoms with E-state index >= 15 is 0 Å².